The molecule has 6 aromatic rings. The van der Waals surface area contributed by atoms with Crippen LogP contribution in [0.4, 0.5) is 10.5 Å². The van der Waals surface area contributed by atoms with Gasteiger partial charge in [0.1, 0.15) is 17.7 Å². The van der Waals surface area contributed by atoms with E-state index in [1.54, 1.807) is 12.1 Å². The monoisotopic (exact) mass is 672 g/mol. The van der Waals surface area contributed by atoms with E-state index in [9.17, 15) is 19.8 Å². The van der Waals surface area contributed by atoms with Gasteiger partial charge in [-0.1, -0.05) is 60.7 Å². The van der Waals surface area contributed by atoms with Gasteiger partial charge >= 0.3 is 6.09 Å². The third-order valence-electron chi connectivity index (χ3n) is 9.25. The van der Waals surface area contributed by atoms with Crippen molar-refractivity contribution in [2.75, 3.05) is 31.5 Å². The number of aliphatic hydroxyl groups excluding tert-OH is 1. The molecule has 1 fully saturated rings. The zero-order valence-corrected chi connectivity index (χ0v) is 27.6. The summed E-state index contributed by atoms with van der Waals surface area (Å²) in [7, 11) is 0. The minimum atomic E-state index is -0.831. The highest BCUT2D eigenvalue weighted by atomic mass is 16.6. The van der Waals surface area contributed by atoms with Crippen LogP contribution in [0.5, 0.6) is 5.75 Å². The standard InChI is InChI=1S/C39H40N6O5/c46-34-14-11-29(30-12-15-37(48)44-38(30)34)35(47)24-40-23-25-10-13-32-33(22-25)42-36(41-32)18-21-45-19-16-27(17-20-45)50-39(49)43-31-9-5-4-8-28(31)26-6-2-1-3-7-26/h1-15,22,27,35,40,46-47H,16-21,23-24H2,(H,41,42)(H,43,49)(H,44,48)/t35-/m1/s1. The fourth-order valence-corrected chi connectivity index (χ4v) is 6.62. The maximum absolute atomic E-state index is 12.8. The van der Waals surface area contributed by atoms with Crippen LogP contribution >= 0.6 is 0 Å². The van der Waals surface area contributed by atoms with Crippen LogP contribution in [0.3, 0.4) is 0 Å². The number of rotatable bonds is 11. The number of piperidine rings is 1. The number of aliphatic hydroxyl groups is 1. The average Bonchev–Trinajstić information content (AvgIpc) is 3.54. The number of phenolic OH excluding ortho intramolecular Hbond substituents is 1. The van der Waals surface area contributed by atoms with E-state index in [2.05, 4.69) is 31.6 Å². The lowest BCUT2D eigenvalue weighted by Gasteiger charge is -2.31. The summed E-state index contributed by atoms with van der Waals surface area (Å²) >= 11 is 0. The Morgan fingerprint density at radius 3 is 2.60 bits per heavy atom. The molecule has 1 aliphatic rings. The number of fused-ring (bicyclic) bond motifs is 2. The second kappa shape index (κ2) is 15.0. The van der Waals surface area contributed by atoms with Gasteiger partial charge in [-0.25, -0.2) is 9.78 Å². The number of anilines is 1. The molecule has 1 saturated heterocycles. The summed E-state index contributed by atoms with van der Waals surface area (Å²) in [6, 6.07) is 29.9. The van der Waals surface area contributed by atoms with Gasteiger partial charge < -0.3 is 35.1 Å². The number of pyridine rings is 1. The first-order valence-corrected chi connectivity index (χ1v) is 17.0. The molecule has 11 nitrogen and oxygen atoms in total. The molecule has 6 N–H and O–H groups in total. The van der Waals surface area contributed by atoms with Gasteiger partial charge in [0, 0.05) is 56.2 Å². The number of likely N-dealkylation sites (tertiary alicyclic amines) is 1. The number of H-pyrrole nitrogens is 2. The molecule has 0 spiro atoms. The SMILES string of the molecule is O=C(Nc1ccccc1-c1ccccc1)OC1CCN(CCc2nc3ccc(CNC[C@@H](O)c4ccc(O)c5[nH]c(=O)ccc45)cc3[nH]2)CC1. The topological polar surface area (TPSA) is 156 Å². The second-order valence-corrected chi connectivity index (χ2v) is 12.7. The molecule has 0 bridgehead atoms. The van der Waals surface area contributed by atoms with Crippen LogP contribution in [0.2, 0.25) is 0 Å². The van der Waals surface area contributed by atoms with Crippen LogP contribution < -0.4 is 16.2 Å². The van der Waals surface area contributed by atoms with Crippen molar-refractivity contribution < 1.29 is 19.7 Å². The van der Waals surface area contributed by atoms with Crippen molar-refractivity contribution in [3.63, 3.8) is 0 Å². The Balaban J connectivity index is 0.863. The fourth-order valence-electron chi connectivity index (χ4n) is 6.62. The van der Waals surface area contributed by atoms with Gasteiger partial charge in [0.25, 0.3) is 0 Å². The fraction of sp³-hybridized carbons (Fsp3) is 0.256. The maximum Gasteiger partial charge on any atom is 0.411 e. The number of hydrogen-bond donors (Lipinski definition) is 6. The summed E-state index contributed by atoms with van der Waals surface area (Å²) in [6.07, 6.45) is 0.957. The number of carbonyl (C=O) groups is 1. The predicted octanol–water partition coefficient (Wildman–Crippen LogP) is 5.86. The van der Waals surface area contributed by atoms with E-state index in [-0.39, 0.29) is 17.4 Å². The molecule has 3 heterocycles. The number of ether oxygens (including phenoxy) is 1. The number of hydrogen-bond acceptors (Lipinski definition) is 8. The van der Waals surface area contributed by atoms with Crippen molar-refractivity contribution >= 4 is 33.7 Å². The van der Waals surface area contributed by atoms with Crippen molar-refractivity contribution in [2.24, 2.45) is 0 Å². The number of para-hydroxylation sites is 1. The van der Waals surface area contributed by atoms with E-state index in [4.69, 9.17) is 9.72 Å². The van der Waals surface area contributed by atoms with Crippen molar-refractivity contribution in [3.05, 3.63) is 124 Å². The summed E-state index contributed by atoms with van der Waals surface area (Å²) in [6.45, 7) is 3.38. The van der Waals surface area contributed by atoms with Crippen LogP contribution in [0.15, 0.2) is 102 Å². The van der Waals surface area contributed by atoms with Gasteiger partial charge in [0.2, 0.25) is 5.56 Å². The largest absolute Gasteiger partial charge is 0.506 e. The molecule has 7 rings (SSSR count). The first-order chi connectivity index (χ1) is 24.4. The van der Waals surface area contributed by atoms with E-state index >= 15 is 0 Å². The number of aromatic nitrogens is 3. The average molecular weight is 673 g/mol. The van der Waals surface area contributed by atoms with E-state index in [0.29, 0.717) is 29.6 Å². The van der Waals surface area contributed by atoms with E-state index in [1.165, 1.54) is 12.1 Å². The Labute approximate surface area is 289 Å². The van der Waals surface area contributed by atoms with Crippen molar-refractivity contribution in [1.82, 2.24) is 25.2 Å². The van der Waals surface area contributed by atoms with Crippen LogP contribution in [0.25, 0.3) is 33.1 Å². The summed E-state index contributed by atoms with van der Waals surface area (Å²) in [5.41, 5.74) is 6.26. The highest BCUT2D eigenvalue weighted by Crippen LogP contribution is 2.29. The third kappa shape index (κ3) is 7.70. The first-order valence-electron chi connectivity index (χ1n) is 17.0. The lowest BCUT2D eigenvalue weighted by Crippen LogP contribution is -2.39. The minimum absolute atomic E-state index is 0.0354. The zero-order chi connectivity index (χ0) is 34.5. The molecule has 1 amide bonds. The normalized spacial score (nSPS) is 14.6. The van der Waals surface area contributed by atoms with Crippen molar-refractivity contribution in [1.29, 1.82) is 0 Å². The number of phenols is 1. The highest BCUT2D eigenvalue weighted by Gasteiger charge is 2.23. The Morgan fingerprint density at radius 1 is 0.960 bits per heavy atom. The molecule has 4 aromatic carbocycles. The van der Waals surface area contributed by atoms with E-state index < -0.39 is 12.2 Å². The van der Waals surface area contributed by atoms with Gasteiger partial charge in [-0.05, 0) is 59.9 Å². The molecule has 0 aliphatic carbocycles. The predicted molar refractivity (Wildman–Crippen MR) is 194 cm³/mol. The molecule has 2 aromatic heterocycles. The summed E-state index contributed by atoms with van der Waals surface area (Å²) in [5.74, 6) is 0.888. The summed E-state index contributed by atoms with van der Waals surface area (Å²) in [4.78, 5) is 37.7. The second-order valence-electron chi connectivity index (χ2n) is 12.7. The molecule has 0 radical (unpaired) electrons. The van der Waals surface area contributed by atoms with Crippen LogP contribution in [-0.4, -0.2) is 68.4 Å². The number of nitrogens with one attached hydrogen (secondary N) is 4. The molecule has 1 aliphatic heterocycles. The van der Waals surface area contributed by atoms with Crippen LogP contribution in [0, 0.1) is 0 Å². The summed E-state index contributed by atoms with van der Waals surface area (Å²) in [5, 5.41) is 27.8. The number of imidazole rings is 1. The number of carbonyl (C=O) groups excluding carboxylic acids is 1. The molecule has 256 valence electrons. The smallest absolute Gasteiger partial charge is 0.411 e. The van der Waals surface area contributed by atoms with E-state index in [1.807, 2.05) is 66.7 Å². The molecular weight excluding hydrogens is 632 g/mol. The van der Waals surface area contributed by atoms with Gasteiger partial charge in [0.05, 0.1) is 28.3 Å². The number of amides is 1. The first kappa shape index (κ1) is 33.0. The van der Waals surface area contributed by atoms with Crippen LogP contribution in [-0.2, 0) is 17.7 Å². The van der Waals surface area contributed by atoms with Gasteiger partial charge in [-0.15, -0.1) is 0 Å². The number of nitrogens with zero attached hydrogens (tertiary/aromatic N) is 2. The zero-order valence-electron chi connectivity index (χ0n) is 27.6. The van der Waals surface area contributed by atoms with Gasteiger partial charge in [0.15, 0.2) is 0 Å². The van der Waals surface area contributed by atoms with Gasteiger partial charge in [-0.2, -0.15) is 0 Å². The third-order valence-corrected chi connectivity index (χ3v) is 9.25. The molecule has 1 atom stereocenters. The van der Waals surface area contributed by atoms with E-state index in [0.717, 1.165) is 78.1 Å². The number of benzene rings is 4. The highest BCUT2D eigenvalue weighted by molar-refractivity contribution is 5.91. The van der Waals surface area contributed by atoms with Crippen LogP contribution in [0.1, 0.15) is 35.9 Å². The molecule has 50 heavy (non-hydrogen) atoms. The maximum atomic E-state index is 12.8. The quantitative estimate of drug-likeness (QED) is 0.100. The van der Waals surface area contributed by atoms with Crippen molar-refractivity contribution in [3.8, 4) is 16.9 Å². The molecular formula is C39H40N6O5. The lowest BCUT2D eigenvalue weighted by atomic mass is 10.0. The number of aromatic amines is 2. The molecule has 11 heteroatoms. The Kier molecular flexibility index (Phi) is 9.88. The Hall–Kier alpha value is -5.49. The molecule has 0 saturated carbocycles. The Morgan fingerprint density at radius 2 is 1.76 bits per heavy atom. The minimum Gasteiger partial charge on any atom is -0.506 e. The number of aromatic hydroxyl groups is 1. The van der Waals surface area contributed by atoms with Gasteiger partial charge in [-0.3, -0.25) is 10.1 Å². The van der Waals surface area contributed by atoms with Crippen molar-refractivity contribution in [2.45, 2.75) is 38.0 Å². The summed E-state index contributed by atoms with van der Waals surface area (Å²) < 4.78 is 5.80. The molecule has 0 unspecified atom stereocenters. The Bertz CT molecular complexity index is 2160. The lowest BCUT2D eigenvalue weighted by molar-refractivity contribution is 0.0592.